The molecule has 0 spiro atoms. The van der Waals surface area contributed by atoms with Crippen LogP contribution in [0.1, 0.15) is 25.5 Å². The molecule has 24 heavy (non-hydrogen) atoms. The molecule has 0 saturated carbocycles. The lowest BCUT2D eigenvalue weighted by Gasteiger charge is -2.06. The molecule has 3 aromatic rings. The first-order valence-electron chi connectivity index (χ1n) is 7.87. The van der Waals surface area contributed by atoms with Gasteiger partial charge in [-0.3, -0.25) is 4.68 Å². The van der Waals surface area contributed by atoms with Gasteiger partial charge in [-0.2, -0.15) is 5.10 Å². The lowest BCUT2D eigenvalue weighted by Crippen LogP contribution is -2.30. The molecule has 7 heteroatoms. The Hall–Kier alpha value is -2.83. The van der Waals surface area contributed by atoms with Crippen molar-refractivity contribution in [3.63, 3.8) is 0 Å². The molecule has 6 nitrogen and oxygen atoms in total. The second-order valence-electron chi connectivity index (χ2n) is 5.94. The number of anilines is 1. The van der Waals surface area contributed by atoms with Crippen molar-refractivity contribution in [3.05, 3.63) is 48.2 Å². The predicted octanol–water partition coefficient (Wildman–Crippen LogP) is 3.45. The van der Waals surface area contributed by atoms with Gasteiger partial charge in [0.1, 0.15) is 5.82 Å². The molecule has 1 aromatic carbocycles. The van der Waals surface area contributed by atoms with Gasteiger partial charge in [0.05, 0.1) is 11.9 Å². The zero-order valence-electron chi connectivity index (χ0n) is 13.6. The van der Waals surface area contributed by atoms with E-state index in [2.05, 4.69) is 20.7 Å². The lowest BCUT2D eigenvalue weighted by atomic mass is 10.1. The number of aromatic nitrogens is 3. The average molecular weight is 329 g/mol. The van der Waals surface area contributed by atoms with E-state index in [1.807, 2.05) is 20.0 Å². The van der Waals surface area contributed by atoms with E-state index in [-0.39, 0.29) is 17.9 Å². The fourth-order valence-corrected chi connectivity index (χ4v) is 2.54. The highest BCUT2D eigenvalue weighted by atomic mass is 19.1. The number of benzene rings is 1. The van der Waals surface area contributed by atoms with Gasteiger partial charge in [0.15, 0.2) is 0 Å². The number of H-pyrrole nitrogens is 1. The quantitative estimate of drug-likeness (QED) is 0.671. The second-order valence-corrected chi connectivity index (χ2v) is 5.94. The standard InChI is InChI=1S/C17H20FN5O/c1-11(2)23-10-14(9-21-23)22-17(24)19-6-5-12-8-20-16-7-13(18)3-4-15(12)16/h3-4,7-11,20H,5-6H2,1-2H3,(H2,19,22,24). The number of nitrogens with zero attached hydrogens (tertiary/aromatic N) is 2. The first-order chi connectivity index (χ1) is 11.5. The third-order valence-electron chi connectivity index (χ3n) is 3.80. The Morgan fingerprint density at radius 3 is 3.00 bits per heavy atom. The summed E-state index contributed by atoms with van der Waals surface area (Å²) in [5.41, 5.74) is 2.46. The molecule has 0 aliphatic heterocycles. The lowest BCUT2D eigenvalue weighted by molar-refractivity contribution is 0.252. The molecular weight excluding hydrogens is 309 g/mol. The maximum Gasteiger partial charge on any atom is 0.319 e. The fraction of sp³-hybridized carbons (Fsp3) is 0.294. The van der Waals surface area contributed by atoms with Gasteiger partial charge >= 0.3 is 6.03 Å². The van der Waals surface area contributed by atoms with Crippen molar-refractivity contribution in [2.24, 2.45) is 0 Å². The number of carbonyl (C=O) groups excluding carboxylic acids is 1. The van der Waals surface area contributed by atoms with Crippen LogP contribution in [0.25, 0.3) is 10.9 Å². The zero-order chi connectivity index (χ0) is 17.1. The SMILES string of the molecule is CC(C)n1cc(NC(=O)NCCc2c[nH]c3cc(F)ccc23)cn1. The third-order valence-corrected chi connectivity index (χ3v) is 3.80. The number of hydrogen-bond donors (Lipinski definition) is 3. The smallest absolute Gasteiger partial charge is 0.319 e. The van der Waals surface area contributed by atoms with Gasteiger partial charge in [-0.25, -0.2) is 9.18 Å². The normalized spacial score (nSPS) is 11.2. The Kier molecular flexibility index (Phi) is 4.50. The summed E-state index contributed by atoms with van der Waals surface area (Å²) < 4.78 is 14.9. The average Bonchev–Trinajstić information content (AvgIpc) is 3.14. The Balaban J connectivity index is 1.52. The number of aromatic amines is 1. The molecular formula is C17H20FN5O. The van der Waals surface area contributed by atoms with Crippen molar-refractivity contribution in [1.29, 1.82) is 0 Å². The highest BCUT2D eigenvalue weighted by Crippen LogP contribution is 2.19. The summed E-state index contributed by atoms with van der Waals surface area (Å²) in [6.45, 7) is 4.52. The molecule has 0 aliphatic rings. The first kappa shape index (κ1) is 16.0. The monoisotopic (exact) mass is 329 g/mol. The largest absolute Gasteiger partial charge is 0.361 e. The van der Waals surface area contributed by atoms with E-state index in [1.165, 1.54) is 12.1 Å². The molecule has 0 bridgehead atoms. The van der Waals surface area contributed by atoms with E-state index in [4.69, 9.17) is 0 Å². The summed E-state index contributed by atoms with van der Waals surface area (Å²) in [7, 11) is 0. The van der Waals surface area contributed by atoms with Crippen LogP contribution in [0.2, 0.25) is 0 Å². The number of carbonyl (C=O) groups is 1. The van der Waals surface area contributed by atoms with Crippen LogP contribution in [0.5, 0.6) is 0 Å². The van der Waals surface area contributed by atoms with Crippen molar-refractivity contribution in [2.75, 3.05) is 11.9 Å². The highest BCUT2D eigenvalue weighted by molar-refractivity contribution is 5.89. The van der Waals surface area contributed by atoms with Crippen LogP contribution < -0.4 is 10.6 Å². The second kappa shape index (κ2) is 6.74. The summed E-state index contributed by atoms with van der Waals surface area (Å²) in [6.07, 6.45) is 5.91. The molecule has 126 valence electrons. The molecule has 0 atom stereocenters. The van der Waals surface area contributed by atoms with Gasteiger partial charge in [0, 0.05) is 35.9 Å². The molecule has 3 rings (SSSR count). The minimum Gasteiger partial charge on any atom is -0.361 e. The van der Waals surface area contributed by atoms with Crippen molar-refractivity contribution in [1.82, 2.24) is 20.1 Å². The van der Waals surface area contributed by atoms with Gasteiger partial charge in [0.2, 0.25) is 0 Å². The van der Waals surface area contributed by atoms with Crippen LogP contribution in [0.15, 0.2) is 36.8 Å². The van der Waals surface area contributed by atoms with Crippen LogP contribution in [-0.2, 0) is 6.42 Å². The summed E-state index contributed by atoms with van der Waals surface area (Å²) in [5, 5.41) is 10.7. The van der Waals surface area contributed by atoms with Crippen LogP contribution in [0.4, 0.5) is 14.9 Å². The van der Waals surface area contributed by atoms with Crippen molar-refractivity contribution >= 4 is 22.6 Å². The molecule has 2 aromatic heterocycles. The van der Waals surface area contributed by atoms with E-state index >= 15 is 0 Å². The molecule has 0 saturated heterocycles. The molecule has 0 radical (unpaired) electrons. The molecule has 0 unspecified atom stereocenters. The fourth-order valence-electron chi connectivity index (χ4n) is 2.54. The van der Waals surface area contributed by atoms with Gasteiger partial charge < -0.3 is 15.6 Å². The number of rotatable bonds is 5. The third kappa shape index (κ3) is 3.56. The molecule has 0 fully saturated rings. The van der Waals surface area contributed by atoms with Crippen molar-refractivity contribution in [3.8, 4) is 0 Å². The van der Waals surface area contributed by atoms with Crippen LogP contribution >= 0.6 is 0 Å². The number of amides is 2. The van der Waals surface area contributed by atoms with Gasteiger partial charge in [-0.15, -0.1) is 0 Å². The molecule has 2 heterocycles. The van der Waals surface area contributed by atoms with E-state index < -0.39 is 0 Å². The maximum atomic E-state index is 13.2. The molecule has 2 amide bonds. The summed E-state index contributed by atoms with van der Waals surface area (Å²) >= 11 is 0. The first-order valence-corrected chi connectivity index (χ1v) is 7.87. The maximum absolute atomic E-state index is 13.2. The number of urea groups is 1. The Morgan fingerprint density at radius 1 is 1.42 bits per heavy atom. The Labute approximate surface area is 139 Å². The van der Waals surface area contributed by atoms with Gasteiger partial charge in [-0.1, -0.05) is 0 Å². The molecule has 3 N–H and O–H groups in total. The minimum atomic E-state index is -0.274. The van der Waals surface area contributed by atoms with Gasteiger partial charge in [0.25, 0.3) is 0 Å². The number of nitrogens with one attached hydrogen (secondary N) is 3. The van der Waals surface area contributed by atoms with Crippen LogP contribution in [0, 0.1) is 5.82 Å². The van der Waals surface area contributed by atoms with Crippen molar-refractivity contribution in [2.45, 2.75) is 26.3 Å². The number of halogens is 1. The number of fused-ring (bicyclic) bond motifs is 1. The van der Waals surface area contributed by atoms with E-state index in [9.17, 15) is 9.18 Å². The van der Waals surface area contributed by atoms with E-state index in [0.29, 0.717) is 18.7 Å². The van der Waals surface area contributed by atoms with Crippen LogP contribution in [0.3, 0.4) is 0 Å². The summed E-state index contributed by atoms with van der Waals surface area (Å²) in [5.74, 6) is -0.268. The summed E-state index contributed by atoms with van der Waals surface area (Å²) in [6, 6.07) is 4.62. The van der Waals surface area contributed by atoms with Crippen molar-refractivity contribution < 1.29 is 9.18 Å². The topological polar surface area (TPSA) is 74.7 Å². The summed E-state index contributed by atoms with van der Waals surface area (Å²) in [4.78, 5) is 15.0. The van der Waals surface area contributed by atoms with Crippen LogP contribution in [-0.4, -0.2) is 27.3 Å². The van der Waals surface area contributed by atoms with E-state index in [0.717, 1.165) is 16.5 Å². The number of hydrogen-bond acceptors (Lipinski definition) is 2. The zero-order valence-corrected chi connectivity index (χ0v) is 13.6. The Bertz CT molecular complexity index is 852. The van der Waals surface area contributed by atoms with E-state index in [1.54, 1.807) is 23.1 Å². The Morgan fingerprint density at radius 2 is 2.25 bits per heavy atom. The van der Waals surface area contributed by atoms with Gasteiger partial charge in [-0.05, 0) is 44.0 Å². The molecule has 0 aliphatic carbocycles. The predicted molar refractivity (Wildman–Crippen MR) is 91.6 cm³/mol. The minimum absolute atomic E-state index is 0.246. The highest BCUT2D eigenvalue weighted by Gasteiger charge is 2.07.